The molecule has 3 aromatic rings. The molecule has 18 heavy (non-hydrogen) atoms. The van der Waals surface area contributed by atoms with Crippen molar-refractivity contribution in [2.75, 3.05) is 6.26 Å². The minimum absolute atomic E-state index is 0.671. The summed E-state index contributed by atoms with van der Waals surface area (Å²) in [4.78, 5) is 12.6. The molecule has 90 valence electrons. The largest absolute Gasteiger partial charge is 0.337 e. The van der Waals surface area contributed by atoms with E-state index >= 15 is 0 Å². The number of aromatic nitrogens is 3. The van der Waals surface area contributed by atoms with Gasteiger partial charge in [0.25, 0.3) is 0 Å². The van der Waals surface area contributed by atoms with Crippen molar-refractivity contribution in [1.82, 2.24) is 15.0 Å². The fraction of sp³-hybridized carbons (Fsp3) is 0.0769. The second-order valence-corrected chi connectivity index (χ2v) is 5.26. The molecule has 0 amide bonds. The molecule has 0 fully saturated rings. The molecule has 4 nitrogen and oxygen atoms in total. The van der Waals surface area contributed by atoms with E-state index in [1.54, 1.807) is 12.5 Å². The Hall–Kier alpha value is -2.01. The van der Waals surface area contributed by atoms with Crippen molar-refractivity contribution in [2.24, 2.45) is 0 Å². The lowest BCUT2D eigenvalue weighted by atomic mass is 10.2. The second-order valence-electron chi connectivity index (χ2n) is 3.91. The Morgan fingerprint density at radius 3 is 2.78 bits per heavy atom. The van der Waals surface area contributed by atoms with E-state index in [0.717, 1.165) is 16.0 Å². The molecule has 2 heterocycles. The van der Waals surface area contributed by atoms with E-state index in [1.807, 2.05) is 36.4 Å². The van der Waals surface area contributed by atoms with Gasteiger partial charge in [-0.05, 0) is 18.2 Å². The number of imidazole rings is 1. The van der Waals surface area contributed by atoms with Crippen LogP contribution in [-0.4, -0.2) is 25.4 Å². The summed E-state index contributed by atoms with van der Waals surface area (Å²) < 4.78 is 11.7. The second kappa shape index (κ2) is 4.34. The standard InChI is InChI=1S/C13H11N3OS/c1-18(17)11-7-3-2-5-9(11)12-15-10-6-4-8-14-13(10)16-12/h2-8H,1H3,(H,14,15,16). The Balaban J connectivity index is 2.23. The predicted molar refractivity (Wildman–Crippen MR) is 71.7 cm³/mol. The first-order chi connectivity index (χ1) is 8.75. The quantitative estimate of drug-likeness (QED) is 0.766. The smallest absolute Gasteiger partial charge is 0.178 e. The van der Waals surface area contributed by atoms with E-state index < -0.39 is 10.8 Å². The third kappa shape index (κ3) is 1.82. The first kappa shape index (κ1) is 11.1. The van der Waals surface area contributed by atoms with Crippen LogP contribution in [0.1, 0.15) is 0 Å². The van der Waals surface area contributed by atoms with Crippen molar-refractivity contribution in [1.29, 1.82) is 0 Å². The summed E-state index contributed by atoms with van der Waals surface area (Å²) in [7, 11) is -1.04. The van der Waals surface area contributed by atoms with Gasteiger partial charge in [0, 0.05) is 22.9 Å². The van der Waals surface area contributed by atoms with Gasteiger partial charge in [-0.1, -0.05) is 18.2 Å². The minimum atomic E-state index is -1.04. The Bertz CT molecular complexity index is 703. The zero-order chi connectivity index (χ0) is 12.5. The first-order valence-electron chi connectivity index (χ1n) is 5.49. The van der Waals surface area contributed by atoms with E-state index in [2.05, 4.69) is 15.0 Å². The van der Waals surface area contributed by atoms with Gasteiger partial charge in [-0.25, -0.2) is 9.97 Å². The first-order valence-corrected chi connectivity index (χ1v) is 7.05. The fourth-order valence-electron chi connectivity index (χ4n) is 1.89. The van der Waals surface area contributed by atoms with Gasteiger partial charge in [-0.2, -0.15) is 0 Å². The molecule has 0 aliphatic carbocycles. The molecule has 3 rings (SSSR count). The minimum Gasteiger partial charge on any atom is -0.337 e. The Morgan fingerprint density at radius 2 is 2.00 bits per heavy atom. The maximum absolute atomic E-state index is 11.7. The van der Waals surface area contributed by atoms with Crippen LogP contribution < -0.4 is 0 Å². The molecule has 1 atom stereocenters. The number of nitrogens with one attached hydrogen (secondary N) is 1. The van der Waals surface area contributed by atoms with Gasteiger partial charge in [0.15, 0.2) is 5.65 Å². The fourth-order valence-corrected chi connectivity index (χ4v) is 2.63. The highest BCUT2D eigenvalue weighted by molar-refractivity contribution is 7.84. The summed E-state index contributed by atoms with van der Waals surface area (Å²) >= 11 is 0. The van der Waals surface area contributed by atoms with Crippen LogP contribution >= 0.6 is 0 Å². The van der Waals surface area contributed by atoms with Gasteiger partial charge in [0.05, 0.1) is 16.3 Å². The molecule has 0 aliphatic rings. The average Bonchev–Trinajstić information content (AvgIpc) is 2.82. The van der Waals surface area contributed by atoms with E-state index in [1.165, 1.54) is 0 Å². The van der Waals surface area contributed by atoms with E-state index in [0.29, 0.717) is 11.5 Å². The molecule has 1 aromatic carbocycles. The summed E-state index contributed by atoms with van der Waals surface area (Å²) in [5.74, 6) is 0.703. The van der Waals surface area contributed by atoms with Crippen molar-refractivity contribution < 1.29 is 4.21 Å². The normalized spacial score (nSPS) is 12.7. The maximum Gasteiger partial charge on any atom is 0.178 e. The monoisotopic (exact) mass is 257 g/mol. The highest BCUT2D eigenvalue weighted by atomic mass is 32.2. The molecule has 1 N–H and O–H groups in total. The lowest BCUT2D eigenvalue weighted by Crippen LogP contribution is -1.92. The van der Waals surface area contributed by atoms with E-state index in [-0.39, 0.29) is 0 Å². The Labute approximate surface area is 107 Å². The average molecular weight is 257 g/mol. The number of benzene rings is 1. The molecule has 0 bridgehead atoms. The lowest BCUT2D eigenvalue weighted by molar-refractivity contribution is 0.687. The number of nitrogens with zero attached hydrogens (tertiary/aromatic N) is 2. The molecule has 0 aliphatic heterocycles. The third-order valence-corrected chi connectivity index (χ3v) is 3.68. The Kier molecular flexibility index (Phi) is 2.68. The van der Waals surface area contributed by atoms with Crippen LogP contribution in [0.15, 0.2) is 47.5 Å². The van der Waals surface area contributed by atoms with Crippen LogP contribution in [0.3, 0.4) is 0 Å². The molecule has 0 saturated heterocycles. The highest BCUT2D eigenvalue weighted by Crippen LogP contribution is 2.24. The number of hydrogen-bond donors (Lipinski definition) is 1. The van der Waals surface area contributed by atoms with Crippen LogP contribution in [0.5, 0.6) is 0 Å². The SMILES string of the molecule is CS(=O)c1ccccc1-c1nc2ncccc2[nH]1. The third-order valence-electron chi connectivity index (χ3n) is 2.71. The van der Waals surface area contributed by atoms with Gasteiger partial charge in [-0.15, -0.1) is 0 Å². The molecule has 0 radical (unpaired) electrons. The van der Waals surface area contributed by atoms with E-state index in [9.17, 15) is 4.21 Å². The predicted octanol–water partition coefficient (Wildman–Crippen LogP) is 2.36. The number of pyridine rings is 1. The van der Waals surface area contributed by atoms with E-state index in [4.69, 9.17) is 0 Å². The Morgan fingerprint density at radius 1 is 1.17 bits per heavy atom. The van der Waals surface area contributed by atoms with Gasteiger partial charge < -0.3 is 4.98 Å². The highest BCUT2D eigenvalue weighted by Gasteiger charge is 2.11. The van der Waals surface area contributed by atoms with Crippen LogP contribution in [0.4, 0.5) is 0 Å². The summed E-state index contributed by atoms with van der Waals surface area (Å²) in [5.41, 5.74) is 2.41. The number of H-pyrrole nitrogens is 1. The number of rotatable bonds is 2. The number of aromatic amines is 1. The molecular formula is C13H11N3OS. The molecular weight excluding hydrogens is 246 g/mol. The van der Waals surface area contributed by atoms with Gasteiger partial charge in [-0.3, -0.25) is 4.21 Å². The van der Waals surface area contributed by atoms with Crippen LogP contribution in [0, 0.1) is 0 Å². The van der Waals surface area contributed by atoms with Crippen molar-refractivity contribution in [3.63, 3.8) is 0 Å². The number of fused-ring (bicyclic) bond motifs is 1. The molecule has 5 heteroatoms. The molecule has 2 aromatic heterocycles. The van der Waals surface area contributed by atoms with Crippen LogP contribution in [-0.2, 0) is 10.8 Å². The summed E-state index contributed by atoms with van der Waals surface area (Å²) in [6, 6.07) is 11.3. The van der Waals surface area contributed by atoms with Crippen molar-refractivity contribution in [3.8, 4) is 11.4 Å². The topological polar surface area (TPSA) is 58.6 Å². The number of hydrogen-bond acceptors (Lipinski definition) is 3. The zero-order valence-corrected chi connectivity index (χ0v) is 10.6. The summed E-state index contributed by atoms with van der Waals surface area (Å²) in [5, 5.41) is 0. The zero-order valence-electron chi connectivity index (χ0n) is 9.75. The summed E-state index contributed by atoms with van der Waals surface area (Å²) in [6.45, 7) is 0. The van der Waals surface area contributed by atoms with Gasteiger partial charge >= 0.3 is 0 Å². The molecule has 0 saturated carbocycles. The molecule has 1 unspecified atom stereocenters. The van der Waals surface area contributed by atoms with Crippen molar-refractivity contribution in [2.45, 2.75) is 4.90 Å². The van der Waals surface area contributed by atoms with Crippen molar-refractivity contribution >= 4 is 22.0 Å². The van der Waals surface area contributed by atoms with Gasteiger partial charge in [0.1, 0.15) is 5.82 Å². The molecule has 0 spiro atoms. The van der Waals surface area contributed by atoms with Crippen LogP contribution in [0.25, 0.3) is 22.6 Å². The van der Waals surface area contributed by atoms with Gasteiger partial charge in [0.2, 0.25) is 0 Å². The van der Waals surface area contributed by atoms with Crippen molar-refractivity contribution in [3.05, 3.63) is 42.6 Å². The lowest BCUT2D eigenvalue weighted by Gasteiger charge is -2.03. The van der Waals surface area contributed by atoms with Crippen LogP contribution in [0.2, 0.25) is 0 Å². The summed E-state index contributed by atoms with van der Waals surface area (Å²) in [6.07, 6.45) is 3.37. The maximum atomic E-state index is 11.7.